The Morgan fingerprint density at radius 1 is 1.05 bits per heavy atom. The summed E-state index contributed by atoms with van der Waals surface area (Å²) in [5.41, 5.74) is 1.81. The smallest absolute Gasteiger partial charge is 0.243 e. The number of hydrogen-bond donors (Lipinski definition) is 1. The Labute approximate surface area is 112 Å². The molecule has 100 valence electrons. The first-order valence-electron chi connectivity index (χ1n) is 6.28. The fourth-order valence-corrected chi connectivity index (χ4v) is 3.82. The molecule has 3 rings (SSSR count). The number of nitrogens with one attached hydrogen (secondary N) is 1. The molecule has 0 unspecified atom stereocenters. The molecule has 2 heterocycles. The normalized spacial score (nSPS) is 16.8. The summed E-state index contributed by atoms with van der Waals surface area (Å²) in [6.45, 7) is 1.26. The zero-order valence-corrected chi connectivity index (χ0v) is 11.2. The molecule has 1 aliphatic heterocycles. The number of H-pyrrole nitrogens is 1. The van der Waals surface area contributed by atoms with E-state index in [1.807, 2.05) is 6.07 Å². The van der Waals surface area contributed by atoms with E-state index in [1.165, 1.54) is 0 Å². The van der Waals surface area contributed by atoms with Crippen LogP contribution in [0.4, 0.5) is 0 Å². The van der Waals surface area contributed by atoms with Crippen LogP contribution in [0.5, 0.6) is 0 Å². The van der Waals surface area contributed by atoms with E-state index in [0.717, 1.165) is 24.1 Å². The number of rotatable bonds is 3. The molecule has 0 bridgehead atoms. The van der Waals surface area contributed by atoms with E-state index in [4.69, 9.17) is 0 Å². The SMILES string of the molecule is O=S(=O)(c1ccc(-c2ccn[nH]2)cc1)N1CCCC1. The lowest BCUT2D eigenvalue weighted by Gasteiger charge is -2.15. The summed E-state index contributed by atoms with van der Waals surface area (Å²) in [6.07, 6.45) is 3.57. The van der Waals surface area contributed by atoms with E-state index in [0.29, 0.717) is 18.0 Å². The first-order chi connectivity index (χ1) is 9.18. The molecule has 1 aromatic heterocycles. The van der Waals surface area contributed by atoms with Gasteiger partial charge in [0.15, 0.2) is 0 Å². The monoisotopic (exact) mass is 277 g/mol. The van der Waals surface area contributed by atoms with Crippen molar-refractivity contribution in [2.75, 3.05) is 13.1 Å². The van der Waals surface area contributed by atoms with E-state index < -0.39 is 10.0 Å². The summed E-state index contributed by atoms with van der Waals surface area (Å²) in [4.78, 5) is 0.359. The van der Waals surface area contributed by atoms with Crippen LogP contribution in [0.1, 0.15) is 12.8 Å². The lowest BCUT2D eigenvalue weighted by Crippen LogP contribution is -2.27. The van der Waals surface area contributed by atoms with Crippen molar-refractivity contribution in [2.24, 2.45) is 0 Å². The van der Waals surface area contributed by atoms with Crippen molar-refractivity contribution >= 4 is 10.0 Å². The third-order valence-electron chi connectivity index (χ3n) is 3.37. The summed E-state index contributed by atoms with van der Waals surface area (Å²) in [6, 6.07) is 8.77. The molecule has 1 fully saturated rings. The van der Waals surface area contributed by atoms with Crippen LogP contribution in [0.25, 0.3) is 11.3 Å². The van der Waals surface area contributed by atoms with Crippen molar-refractivity contribution in [3.8, 4) is 11.3 Å². The Hall–Kier alpha value is -1.66. The summed E-state index contributed by atoms with van der Waals surface area (Å²) in [5.74, 6) is 0. The number of hydrogen-bond acceptors (Lipinski definition) is 3. The minimum absolute atomic E-state index is 0.359. The molecule has 1 saturated heterocycles. The summed E-state index contributed by atoms with van der Waals surface area (Å²) < 4.78 is 26.2. The standard InChI is InChI=1S/C13H15N3O2S/c17-19(18,16-9-1-2-10-16)12-5-3-11(4-6-12)13-7-8-14-15-13/h3-8H,1-2,9-10H2,(H,14,15). The molecular formula is C13H15N3O2S. The van der Waals surface area contributed by atoms with Crippen LogP contribution < -0.4 is 0 Å². The van der Waals surface area contributed by atoms with Crippen molar-refractivity contribution < 1.29 is 8.42 Å². The predicted molar refractivity (Wildman–Crippen MR) is 72.0 cm³/mol. The fraction of sp³-hybridized carbons (Fsp3) is 0.308. The molecule has 0 radical (unpaired) electrons. The summed E-state index contributed by atoms with van der Waals surface area (Å²) in [5, 5.41) is 6.74. The molecule has 0 spiro atoms. The van der Waals surface area contributed by atoms with E-state index >= 15 is 0 Å². The van der Waals surface area contributed by atoms with Gasteiger partial charge in [-0.1, -0.05) is 12.1 Å². The lowest BCUT2D eigenvalue weighted by molar-refractivity contribution is 0.477. The maximum Gasteiger partial charge on any atom is 0.243 e. The van der Waals surface area contributed by atoms with Crippen molar-refractivity contribution in [2.45, 2.75) is 17.7 Å². The fourth-order valence-electron chi connectivity index (χ4n) is 2.30. The van der Waals surface area contributed by atoms with Gasteiger partial charge in [-0.15, -0.1) is 0 Å². The van der Waals surface area contributed by atoms with Gasteiger partial charge in [0.25, 0.3) is 0 Å². The molecular weight excluding hydrogens is 262 g/mol. The van der Waals surface area contributed by atoms with Crippen molar-refractivity contribution in [3.05, 3.63) is 36.5 Å². The van der Waals surface area contributed by atoms with Gasteiger partial charge >= 0.3 is 0 Å². The minimum atomic E-state index is -3.32. The molecule has 0 aliphatic carbocycles. The van der Waals surface area contributed by atoms with Gasteiger partial charge in [-0.2, -0.15) is 9.40 Å². The molecule has 0 atom stereocenters. The molecule has 19 heavy (non-hydrogen) atoms. The van der Waals surface area contributed by atoms with Crippen LogP contribution in [0.15, 0.2) is 41.4 Å². The van der Waals surface area contributed by atoms with E-state index in [1.54, 1.807) is 34.8 Å². The highest BCUT2D eigenvalue weighted by Gasteiger charge is 2.26. The van der Waals surface area contributed by atoms with E-state index in [-0.39, 0.29) is 0 Å². The molecule has 0 amide bonds. The van der Waals surface area contributed by atoms with Gasteiger partial charge in [0, 0.05) is 19.3 Å². The Bertz CT molecular complexity index is 642. The van der Waals surface area contributed by atoms with Crippen LogP contribution >= 0.6 is 0 Å². The number of aromatic nitrogens is 2. The predicted octanol–water partition coefficient (Wildman–Crippen LogP) is 1.86. The van der Waals surface area contributed by atoms with Gasteiger partial charge in [-0.25, -0.2) is 8.42 Å². The van der Waals surface area contributed by atoms with Crippen LogP contribution in [0, 0.1) is 0 Å². The van der Waals surface area contributed by atoms with Crippen molar-refractivity contribution in [1.29, 1.82) is 0 Å². The molecule has 2 aromatic rings. The van der Waals surface area contributed by atoms with Gasteiger partial charge in [0.05, 0.1) is 10.6 Å². The molecule has 6 heteroatoms. The average molecular weight is 277 g/mol. The largest absolute Gasteiger partial charge is 0.278 e. The Kier molecular flexibility index (Phi) is 3.12. The van der Waals surface area contributed by atoms with Gasteiger partial charge < -0.3 is 0 Å². The highest BCUT2D eigenvalue weighted by Crippen LogP contribution is 2.23. The van der Waals surface area contributed by atoms with Gasteiger partial charge in [-0.05, 0) is 36.6 Å². The zero-order chi connectivity index (χ0) is 13.3. The second-order valence-electron chi connectivity index (χ2n) is 4.61. The molecule has 1 aliphatic rings. The second kappa shape index (κ2) is 4.79. The highest BCUT2D eigenvalue weighted by molar-refractivity contribution is 7.89. The minimum Gasteiger partial charge on any atom is -0.278 e. The summed E-state index contributed by atoms with van der Waals surface area (Å²) in [7, 11) is -3.32. The first-order valence-corrected chi connectivity index (χ1v) is 7.72. The average Bonchev–Trinajstić information content (AvgIpc) is 3.12. The maximum atomic E-state index is 12.3. The van der Waals surface area contributed by atoms with Crippen LogP contribution in [-0.4, -0.2) is 36.0 Å². The molecule has 1 N–H and O–H groups in total. The van der Waals surface area contributed by atoms with Crippen LogP contribution in [0.3, 0.4) is 0 Å². The number of sulfonamides is 1. The Balaban J connectivity index is 1.90. The highest BCUT2D eigenvalue weighted by atomic mass is 32.2. The van der Waals surface area contributed by atoms with Gasteiger partial charge in [-0.3, -0.25) is 5.10 Å². The van der Waals surface area contributed by atoms with E-state index in [9.17, 15) is 8.42 Å². The lowest BCUT2D eigenvalue weighted by atomic mass is 10.2. The molecule has 5 nitrogen and oxygen atoms in total. The van der Waals surface area contributed by atoms with Crippen LogP contribution in [-0.2, 0) is 10.0 Å². The second-order valence-corrected chi connectivity index (χ2v) is 6.54. The number of benzene rings is 1. The molecule has 0 saturated carbocycles. The maximum absolute atomic E-state index is 12.3. The zero-order valence-electron chi connectivity index (χ0n) is 10.4. The Morgan fingerprint density at radius 2 is 1.74 bits per heavy atom. The van der Waals surface area contributed by atoms with Crippen LogP contribution in [0.2, 0.25) is 0 Å². The van der Waals surface area contributed by atoms with Crippen molar-refractivity contribution in [1.82, 2.24) is 14.5 Å². The third-order valence-corrected chi connectivity index (χ3v) is 5.28. The third kappa shape index (κ3) is 2.29. The van der Waals surface area contributed by atoms with Gasteiger partial charge in [0.1, 0.15) is 0 Å². The topological polar surface area (TPSA) is 66.1 Å². The number of nitrogens with zero attached hydrogens (tertiary/aromatic N) is 2. The van der Waals surface area contributed by atoms with Crippen molar-refractivity contribution in [3.63, 3.8) is 0 Å². The first kappa shape index (κ1) is 12.4. The summed E-state index contributed by atoms with van der Waals surface area (Å²) >= 11 is 0. The van der Waals surface area contributed by atoms with E-state index in [2.05, 4.69) is 10.2 Å². The molecule has 1 aromatic carbocycles. The van der Waals surface area contributed by atoms with Gasteiger partial charge in [0.2, 0.25) is 10.0 Å². The number of aromatic amines is 1. The quantitative estimate of drug-likeness (QED) is 0.931. The Morgan fingerprint density at radius 3 is 2.32 bits per heavy atom.